The Bertz CT molecular complexity index is 1340. The van der Waals surface area contributed by atoms with Gasteiger partial charge in [-0.1, -0.05) is 18.5 Å². The molecule has 0 radical (unpaired) electrons. The molecule has 1 amide bonds. The molecule has 5 rings (SSSR count). The number of likely N-dealkylation sites (tertiary alicyclic amines) is 1. The van der Waals surface area contributed by atoms with Gasteiger partial charge in [-0.15, -0.1) is 0 Å². The molecule has 34 heavy (non-hydrogen) atoms. The molecule has 0 unspecified atom stereocenters. The zero-order valence-corrected chi connectivity index (χ0v) is 19.6. The van der Waals surface area contributed by atoms with Crippen molar-refractivity contribution in [3.8, 4) is 5.69 Å². The lowest BCUT2D eigenvalue weighted by molar-refractivity contribution is 0.0534. The number of hydrogen-bond donors (Lipinski definition) is 1. The van der Waals surface area contributed by atoms with Crippen molar-refractivity contribution in [1.82, 2.24) is 24.9 Å². The first kappa shape index (κ1) is 22.3. The van der Waals surface area contributed by atoms with Crippen LogP contribution >= 0.6 is 11.6 Å². The summed E-state index contributed by atoms with van der Waals surface area (Å²) in [4.78, 5) is 21.2. The second kappa shape index (κ2) is 9.06. The van der Waals surface area contributed by atoms with Crippen LogP contribution in [0.1, 0.15) is 35.7 Å². The summed E-state index contributed by atoms with van der Waals surface area (Å²) >= 11 is 6.04. The van der Waals surface area contributed by atoms with Crippen LogP contribution in [0.2, 0.25) is 5.02 Å². The summed E-state index contributed by atoms with van der Waals surface area (Å²) < 4.78 is 20.9. The van der Waals surface area contributed by atoms with Crippen LogP contribution in [-0.2, 0) is 0 Å². The monoisotopic (exact) mass is 482 g/mol. The summed E-state index contributed by atoms with van der Waals surface area (Å²) in [7, 11) is 0. The lowest BCUT2D eigenvalue weighted by Crippen LogP contribution is -2.51. The Morgan fingerprint density at radius 2 is 2.06 bits per heavy atom. The van der Waals surface area contributed by atoms with Crippen molar-refractivity contribution in [3.63, 3.8) is 0 Å². The van der Waals surface area contributed by atoms with E-state index < -0.39 is 5.82 Å². The minimum Gasteiger partial charge on any atom is -0.424 e. The van der Waals surface area contributed by atoms with E-state index in [1.54, 1.807) is 36.1 Å². The number of amides is 1. The molecule has 176 valence electrons. The molecule has 0 spiro atoms. The minimum absolute atomic E-state index is 0.0302. The van der Waals surface area contributed by atoms with Gasteiger partial charge in [-0.3, -0.25) is 4.79 Å². The fourth-order valence-electron chi connectivity index (χ4n) is 4.56. The maximum Gasteiger partial charge on any atom is 0.295 e. The maximum atomic E-state index is 15.2. The summed E-state index contributed by atoms with van der Waals surface area (Å²) in [6, 6.07) is 8.50. The van der Waals surface area contributed by atoms with Crippen molar-refractivity contribution in [1.29, 1.82) is 0 Å². The van der Waals surface area contributed by atoms with Gasteiger partial charge in [-0.2, -0.15) is 20.0 Å². The SMILES string of the molecule is Cc1cc(F)c(C(=O)N2CCC[C@@H](C)[C@H]2CNc2nc3cc(Cl)ccc3o2)c(-n2nccn2)c1. The number of halogens is 2. The molecule has 0 aliphatic carbocycles. The van der Waals surface area contributed by atoms with Crippen LogP contribution in [0.25, 0.3) is 16.8 Å². The van der Waals surface area contributed by atoms with Crippen molar-refractivity contribution in [3.05, 3.63) is 64.7 Å². The highest BCUT2D eigenvalue weighted by molar-refractivity contribution is 6.31. The number of carbonyl (C=O) groups excluding carboxylic acids is 1. The maximum absolute atomic E-state index is 15.2. The lowest BCUT2D eigenvalue weighted by atomic mass is 9.90. The third kappa shape index (κ3) is 4.23. The van der Waals surface area contributed by atoms with Gasteiger partial charge in [0.25, 0.3) is 11.9 Å². The van der Waals surface area contributed by atoms with Crippen molar-refractivity contribution < 1.29 is 13.6 Å². The first-order valence-corrected chi connectivity index (χ1v) is 11.6. The van der Waals surface area contributed by atoms with E-state index in [2.05, 4.69) is 27.4 Å². The number of anilines is 1. The van der Waals surface area contributed by atoms with Gasteiger partial charge in [0.15, 0.2) is 5.58 Å². The average molecular weight is 483 g/mol. The fourth-order valence-corrected chi connectivity index (χ4v) is 4.72. The summed E-state index contributed by atoms with van der Waals surface area (Å²) in [6.07, 6.45) is 4.80. The Morgan fingerprint density at radius 3 is 2.85 bits per heavy atom. The number of nitrogens with zero attached hydrogens (tertiary/aromatic N) is 5. The Hall–Kier alpha value is -3.46. The standard InChI is InChI=1S/C24H24ClFN6O2/c1-14-10-17(26)22(19(11-14)32-28-7-8-29-32)23(33)31-9-3-4-15(2)20(31)13-27-24-30-18-12-16(25)5-6-21(18)34-24/h5-8,10-12,15,20H,3-4,9,13H2,1-2H3,(H,27,30)/t15-,20-/m1/s1. The van der Waals surface area contributed by atoms with Crippen molar-refractivity contribution >= 4 is 34.6 Å². The number of carbonyl (C=O) groups is 1. The van der Waals surface area contributed by atoms with Crippen LogP contribution in [0.3, 0.4) is 0 Å². The zero-order valence-electron chi connectivity index (χ0n) is 18.8. The number of aryl methyl sites for hydroxylation is 1. The molecule has 0 bridgehead atoms. The van der Waals surface area contributed by atoms with E-state index in [9.17, 15) is 4.79 Å². The Balaban J connectivity index is 1.43. The van der Waals surface area contributed by atoms with Crippen LogP contribution in [0.15, 0.2) is 47.1 Å². The molecule has 1 aliphatic heterocycles. The number of hydrogen-bond acceptors (Lipinski definition) is 6. The molecule has 1 fully saturated rings. The molecule has 8 nitrogen and oxygen atoms in total. The van der Waals surface area contributed by atoms with Crippen molar-refractivity contribution in [2.75, 3.05) is 18.4 Å². The number of nitrogens with one attached hydrogen (secondary N) is 1. The van der Waals surface area contributed by atoms with Crippen LogP contribution in [-0.4, -0.2) is 49.9 Å². The molecule has 2 aromatic heterocycles. The number of benzene rings is 2. The second-order valence-electron chi connectivity index (χ2n) is 8.66. The van der Waals surface area contributed by atoms with Gasteiger partial charge in [-0.05, 0) is 61.6 Å². The van der Waals surface area contributed by atoms with E-state index in [1.807, 2.05) is 0 Å². The van der Waals surface area contributed by atoms with Gasteiger partial charge in [0.2, 0.25) is 0 Å². The summed E-state index contributed by atoms with van der Waals surface area (Å²) in [5.41, 5.74) is 2.25. The molecule has 1 aliphatic rings. The molecule has 2 aromatic carbocycles. The van der Waals surface area contributed by atoms with Crippen LogP contribution in [0.4, 0.5) is 10.4 Å². The van der Waals surface area contributed by atoms with Gasteiger partial charge in [0.05, 0.1) is 18.4 Å². The van der Waals surface area contributed by atoms with Gasteiger partial charge >= 0.3 is 0 Å². The van der Waals surface area contributed by atoms with Gasteiger partial charge in [-0.25, -0.2) is 4.39 Å². The van der Waals surface area contributed by atoms with E-state index >= 15 is 4.39 Å². The number of aromatic nitrogens is 4. The predicted molar refractivity (Wildman–Crippen MR) is 127 cm³/mol. The molecule has 4 aromatic rings. The third-order valence-electron chi connectivity index (χ3n) is 6.25. The first-order chi connectivity index (χ1) is 16.4. The van der Waals surface area contributed by atoms with Crippen molar-refractivity contribution in [2.24, 2.45) is 5.92 Å². The fraction of sp³-hybridized carbons (Fsp3) is 0.333. The van der Waals surface area contributed by atoms with E-state index in [0.29, 0.717) is 46.5 Å². The topological polar surface area (TPSA) is 89.1 Å². The molecule has 1 saturated heterocycles. The van der Waals surface area contributed by atoms with E-state index in [0.717, 1.165) is 12.8 Å². The minimum atomic E-state index is -0.585. The third-order valence-corrected chi connectivity index (χ3v) is 6.49. The highest BCUT2D eigenvalue weighted by Gasteiger charge is 2.35. The summed E-state index contributed by atoms with van der Waals surface area (Å²) in [5.74, 6) is -0.769. The normalized spacial score (nSPS) is 18.4. The van der Waals surface area contributed by atoms with Crippen molar-refractivity contribution in [2.45, 2.75) is 32.7 Å². The second-order valence-corrected chi connectivity index (χ2v) is 9.09. The molecule has 1 N–H and O–H groups in total. The first-order valence-electron chi connectivity index (χ1n) is 11.2. The highest BCUT2D eigenvalue weighted by Crippen LogP contribution is 2.29. The molecule has 2 atom stereocenters. The Morgan fingerprint density at radius 1 is 1.26 bits per heavy atom. The quantitative estimate of drug-likeness (QED) is 0.437. The van der Waals surface area contributed by atoms with Crippen LogP contribution < -0.4 is 5.32 Å². The number of fused-ring (bicyclic) bond motifs is 1. The van der Waals surface area contributed by atoms with Crippen LogP contribution in [0, 0.1) is 18.7 Å². The molecule has 0 saturated carbocycles. The summed E-state index contributed by atoms with van der Waals surface area (Å²) in [6.45, 7) is 4.81. The van der Waals surface area contributed by atoms with Gasteiger partial charge < -0.3 is 14.6 Å². The smallest absolute Gasteiger partial charge is 0.295 e. The highest BCUT2D eigenvalue weighted by atomic mass is 35.5. The van der Waals surface area contributed by atoms with Crippen LogP contribution in [0.5, 0.6) is 0 Å². The van der Waals surface area contributed by atoms with E-state index in [1.165, 1.54) is 23.3 Å². The van der Waals surface area contributed by atoms with E-state index in [4.69, 9.17) is 16.0 Å². The average Bonchev–Trinajstić information content (AvgIpc) is 3.47. The predicted octanol–water partition coefficient (Wildman–Crippen LogP) is 4.86. The largest absolute Gasteiger partial charge is 0.424 e. The number of oxazole rings is 1. The zero-order chi connectivity index (χ0) is 23.8. The summed E-state index contributed by atoms with van der Waals surface area (Å²) in [5, 5.41) is 12.0. The Kier molecular flexibility index (Phi) is 5.95. The van der Waals surface area contributed by atoms with Gasteiger partial charge in [0, 0.05) is 18.1 Å². The molecule has 10 heteroatoms. The molecular formula is C24H24ClFN6O2. The number of rotatable bonds is 5. The lowest BCUT2D eigenvalue weighted by Gasteiger charge is -2.40. The Labute approximate surface area is 200 Å². The molecule has 3 heterocycles. The number of piperidine rings is 1. The van der Waals surface area contributed by atoms with E-state index in [-0.39, 0.29) is 23.4 Å². The molecular weight excluding hydrogens is 459 g/mol. The van der Waals surface area contributed by atoms with Gasteiger partial charge in [0.1, 0.15) is 22.6 Å².